The van der Waals surface area contributed by atoms with Gasteiger partial charge in [-0.3, -0.25) is 0 Å². The van der Waals surface area contributed by atoms with Crippen LogP contribution in [0.1, 0.15) is 37.5 Å². The van der Waals surface area contributed by atoms with E-state index < -0.39 is 38.7 Å². The Labute approximate surface area is 239 Å². The number of carbonyl (C=O) groups is 1. The highest BCUT2D eigenvalue weighted by molar-refractivity contribution is 6.74. The third-order valence-corrected chi connectivity index (χ3v) is 12.2. The Kier molecular flexibility index (Phi) is 10.3. The van der Waals surface area contributed by atoms with Gasteiger partial charge in [0.2, 0.25) is 0 Å². The van der Waals surface area contributed by atoms with Crippen LogP contribution < -0.4 is 0 Å². The van der Waals surface area contributed by atoms with E-state index in [1.807, 2.05) is 91.0 Å². The molecular weight excluding hydrogens is 520 g/mol. The fraction of sp³-hybridized carbons (Fsp3) is 0.424. The molecule has 3 aromatic rings. The van der Waals surface area contributed by atoms with Gasteiger partial charge in [0.05, 0.1) is 26.4 Å². The molecule has 1 fully saturated rings. The molecule has 40 heavy (non-hydrogen) atoms. The van der Waals surface area contributed by atoms with Gasteiger partial charge < -0.3 is 23.4 Å². The predicted molar refractivity (Wildman–Crippen MR) is 158 cm³/mol. The first-order chi connectivity index (χ1) is 19.1. The molecule has 4 rings (SSSR count). The summed E-state index contributed by atoms with van der Waals surface area (Å²) in [4.78, 5) is 13.5. The summed E-state index contributed by atoms with van der Waals surface area (Å²) in [5.41, 5.74) is 2.98. The zero-order valence-electron chi connectivity index (χ0n) is 24.2. The molecule has 0 aliphatic carbocycles. The SMILES string of the molecule is CC(C)(C)[Si](C)(C)OC[C@H]1OC(=O)[C@@H](OCc2ccccc2)[C@@H](OCc2ccccc2)[C@@H]1OCc1ccccc1. The Balaban J connectivity index is 1.60. The van der Waals surface area contributed by atoms with Crippen molar-refractivity contribution in [2.45, 2.75) is 83.1 Å². The van der Waals surface area contributed by atoms with Crippen molar-refractivity contribution < 1.29 is 28.2 Å². The average Bonchev–Trinajstić information content (AvgIpc) is 2.95. The number of esters is 1. The van der Waals surface area contributed by atoms with Crippen molar-refractivity contribution >= 4 is 14.3 Å². The highest BCUT2D eigenvalue weighted by Gasteiger charge is 2.50. The summed E-state index contributed by atoms with van der Waals surface area (Å²) in [6, 6.07) is 29.6. The van der Waals surface area contributed by atoms with Gasteiger partial charge in [-0.2, -0.15) is 0 Å². The molecule has 214 valence electrons. The van der Waals surface area contributed by atoms with Crippen LogP contribution in [0.15, 0.2) is 91.0 Å². The minimum absolute atomic E-state index is 0.0105. The first-order valence-corrected chi connectivity index (χ1v) is 16.9. The molecule has 7 heteroatoms. The lowest BCUT2D eigenvalue weighted by atomic mass is 9.98. The first-order valence-electron chi connectivity index (χ1n) is 13.9. The lowest BCUT2D eigenvalue weighted by Crippen LogP contribution is -2.60. The van der Waals surface area contributed by atoms with Crippen LogP contribution in [0.5, 0.6) is 0 Å². The summed E-state index contributed by atoms with van der Waals surface area (Å²) in [7, 11) is -2.12. The minimum Gasteiger partial charge on any atom is -0.455 e. The summed E-state index contributed by atoms with van der Waals surface area (Å²) < 4.78 is 31.7. The van der Waals surface area contributed by atoms with Crippen LogP contribution in [0.2, 0.25) is 18.1 Å². The second-order valence-electron chi connectivity index (χ2n) is 11.8. The van der Waals surface area contributed by atoms with Gasteiger partial charge in [0.25, 0.3) is 0 Å². The number of hydrogen-bond donors (Lipinski definition) is 0. The minimum atomic E-state index is -2.12. The standard InChI is InChI=1S/C33H42O6Si/c1-33(2,3)40(4,5)38-24-28-29(35-21-25-15-9-6-10-16-25)30(36-22-26-17-11-7-12-18-26)31(32(34)39-28)37-23-27-19-13-8-14-20-27/h6-20,28-31H,21-24H2,1-5H3/t28-,29-,30+,31+/m1/s1. The molecule has 0 saturated carbocycles. The summed E-state index contributed by atoms with van der Waals surface area (Å²) in [6.45, 7) is 12.1. The molecular formula is C33H42O6Si. The van der Waals surface area contributed by atoms with Gasteiger partial charge in [-0.25, -0.2) is 4.79 Å². The van der Waals surface area contributed by atoms with Crippen molar-refractivity contribution in [3.05, 3.63) is 108 Å². The molecule has 0 spiro atoms. The van der Waals surface area contributed by atoms with Gasteiger partial charge in [0, 0.05) is 0 Å². The molecule has 1 heterocycles. The third-order valence-electron chi connectivity index (χ3n) is 7.75. The second-order valence-corrected chi connectivity index (χ2v) is 16.6. The Morgan fingerprint density at radius 2 is 1.10 bits per heavy atom. The van der Waals surface area contributed by atoms with Crippen molar-refractivity contribution in [2.24, 2.45) is 0 Å². The van der Waals surface area contributed by atoms with Crippen molar-refractivity contribution in [3.8, 4) is 0 Å². The summed E-state index contributed by atoms with van der Waals surface area (Å²) >= 11 is 0. The molecule has 6 nitrogen and oxygen atoms in total. The molecule has 3 aromatic carbocycles. The highest BCUT2D eigenvalue weighted by Crippen LogP contribution is 2.37. The Morgan fingerprint density at radius 1 is 0.675 bits per heavy atom. The van der Waals surface area contributed by atoms with E-state index in [0.29, 0.717) is 13.2 Å². The largest absolute Gasteiger partial charge is 0.455 e. The zero-order chi connectivity index (χ0) is 28.6. The van der Waals surface area contributed by atoms with Crippen molar-refractivity contribution in [1.29, 1.82) is 0 Å². The molecule has 0 unspecified atom stereocenters. The van der Waals surface area contributed by atoms with E-state index in [2.05, 4.69) is 33.9 Å². The van der Waals surface area contributed by atoms with Crippen LogP contribution >= 0.6 is 0 Å². The molecule has 0 aromatic heterocycles. The van der Waals surface area contributed by atoms with E-state index in [0.717, 1.165) is 16.7 Å². The number of cyclic esters (lactones) is 1. The zero-order valence-corrected chi connectivity index (χ0v) is 25.2. The summed E-state index contributed by atoms with van der Waals surface area (Å²) in [6.07, 6.45) is -2.87. The van der Waals surface area contributed by atoms with Gasteiger partial charge in [0.15, 0.2) is 20.5 Å². The van der Waals surface area contributed by atoms with E-state index in [4.69, 9.17) is 23.4 Å². The average molecular weight is 563 g/mol. The monoisotopic (exact) mass is 562 g/mol. The van der Waals surface area contributed by atoms with Gasteiger partial charge in [-0.15, -0.1) is 0 Å². The van der Waals surface area contributed by atoms with Crippen molar-refractivity contribution in [3.63, 3.8) is 0 Å². The maximum Gasteiger partial charge on any atom is 0.338 e. The molecule has 1 aliphatic heterocycles. The van der Waals surface area contributed by atoms with Crippen LogP contribution in [0.4, 0.5) is 0 Å². The number of ether oxygens (including phenoxy) is 4. The third kappa shape index (κ3) is 8.12. The normalized spacial score (nSPS) is 21.7. The maximum absolute atomic E-state index is 13.5. The number of rotatable bonds is 12. The molecule has 0 radical (unpaired) electrons. The van der Waals surface area contributed by atoms with Gasteiger partial charge in [-0.05, 0) is 34.8 Å². The Bertz CT molecular complexity index is 1180. The van der Waals surface area contributed by atoms with E-state index in [9.17, 15) is 4.79 Å². The van der Waals surface area contributed by atoms with Crippen LogP contribution in [0, 0.1) is 0 Å². The quantitative estimate of drug-likeness (QED) is 0.181. The summed E-state index contributed by atoms with van der Waals surface area (Å²) in [5, 5.41) is 0.0105. The van der Waals surface area contributed by atoms with Gasteiger partial charge >= 0.3 is 5.97 Å². The number of hydrogen-bond acceptors (Lipinski definition) is 6. The molecule has 1 aliphatic rings. The maximum atomic E-state index is 13.5. The topological polar surface area (TPSA) is 63.2 Å². The molecule has 0 amide bonds. The number of carbonyl (C=O) groups excluding carboxylic acids is 1. The first kappa shape index (κ1) is 30.2. The van der Waals surface area contributed by atoms with E-state index in [-0.39, 0.29) is 18.3 Å². The van der Waals surface area contributed by atoms with Crippen LogP contribution in [-0.2, 0) is 48.0 Å². The lowest BCUT2D eigenvalue weighted by Gasteiger charge is -2.43. The van der Waals surface area contributed by atoms with E-state index >= 15 is 0 Å². The molecule has 1 saturated heterocycles. The number of benzene rings is 3. The van der Waals surface area contributed by atoms with Gasteiger partial charge in [-0.1, -0.05) is 112 Å². The van der Waals surface area contributed by atoms with Crippen molar-refractivity contribution in [1.82, 2.24) is 0 Å². The fourth-order valence-electron chi connectivity index (χ4n) is 4.28. The highest BCUT2D eigenvalue weighted by atomic mass is 28.4. The molecule has 0 N–H and O–H groups in total. The van der Waals surface area contributed by atoms with Crippen LogP contribution in [-0.4, -0.2) is 45.3 Å². The Morgan fingerprint density at radius 3 is 1.55 bits per heavy atom. The van der Waals surface area contributed by atoms with Crippen molar-refractivity contribution in [2.75, 3.05) is 6.61 Å². The van der Waals surface area contributed by atoms with Crippen LogP contribution in [0.25, 0.3) is 0 Å². The van der Waals surface area contributed by atoms with E-state index in [1.165, 1.54) is 0 Å². The second kappa shape index (κ2) is 13.7. The molecule has 0 bridgehead atoms. The molecule has 4 atom stereocenters. The summed E-state index contributed by atoms with van der Waals surface area (Å²) in [5.74, 6) is -0.461. The smallest absolute Gasteiger partial charge is 0.338 e. The van der Waals surface area contributed by atoms with Gasteiger partial charge in [0.1, 0.15) is 12.2 Å². The van der Waals surface area contributed by atoms with E-state index in [1.54, 1.807) is 0 Å². The van der Waals surface area contributed by atoms with Crippen LogP contribution in [0.3, 0.4) is 0 Å². The predicted octanol–water partition coefficient (Wildman–Crippen LogP) is 6.69. The fourth-order valence-corrected chi connectivity index (χ4v) is 5.29. The Hall–Kier alpha value is -2.81. The lowest BCUT2D eigenvalue weighted by molar-refractivity contribution is -0.236.